The van der Waals surface area contributed by atoms with E-state index in [-0.39, 0.29) is 43.2 Å². The summed E-state index contributed by atoms with van der Waals surface area (Å²) < 4.78 is 12.3. The van der Waals surface area contributed by atoms with Crippen LogP contribution in [0.4, 0.5) is 5.69 Å². The van der Waals surface area contributed by atoms with Crippen LogP contribution in [0.1, 0.15) is 47.7 Å². The van der Waals surface area contributed by atoms with Gasteiger partial charge in [-0.15, -0.1) is 24.8 Å². The average molecular weight is 674 g/mol. The molecule has 1 aliphatic heterocycles. The first-order valence-electron chi connectivity index (χ1n) is 15.6. The molecule has 1 aliphatic rings. The molecular formula is C36H50Cl2N4O4. The Balaban J connectivity index is 0.00000368. The van der Waals surface area contributed by atoms with Crippen molar-refractivity contribution in [3.05, 3.63) is 89.5 Å². The van der Waals surface area contributed by atoms with E-state index in [1.807, 2.05) is 79.7 Å². The number of carbonyl (C=O) groups is 2. The molecule has 0 aliphatic carbocycles. The molecule has 252 valence electrons. The fraction of sp³-hybridized carbons (Fsp3) is 0.444. The summed E-state index contributed by atoms with van der Waals surface area (Å²) in [7, 11) is 7.96. The number of rotatable bonds is 14. The van der Waals surface area contributed by atoms with E-state index in [0.717, 1.165) is 56.9 Å². The van der Waals surface area contributed by atoms with Crippen molar-refractivity contribution >= 4 is 42.3 Å². The molecule has 1 fully saturated rings. The van der Waals surface area contributed by atoms with Gasteiger partial charge in [-0.1, -0.05) is 49.4 Å². The van der Waals surface area contributed by atoms with E-state index in [9.17, 15) is 9.59 Å². The first kappa shape index (κ1) is 38.9. The van der Waals surface area contributed by atoms with E-state index in [1.54, 1.807) is 11.9 Å². The highest BCUT2D eigenvalue weighted by molar-refractivity contribution is 6.07. The van der Waals surface area contributed by atoms with Crippen molar-refractivity contribution in [3.63, 3.8) is 0 Å². The summed E-state index contributed by atoms with van der Waals surface area (Å²) in [6.07, 6.45) is 2.25. The molecular weight excluding hydrogens is 623 g/mol. The van der Waals surface area contributed by atoms with Crippen LogP contribution in [0.3, 0.4) is 0 Å². The van der Waals surface area contributed by atoms with E-state index >= 15 is 0 Å². The van der Waals surface area contributed by atoms with Gasteiger partial charge in [0, 0.05) is 57.3 Å². The third-order valence-corrected chi connectivity index (χ3v) is 8.17. The van der Waals surface area contributed by atoms with Crippen molar-refractivity contribution in [2.45, 2.75) is 39.3 Å². The molecule has 2 amide bonds. The molecule has 1 atom stereocenters. The van der Waals surface area contributed by atoms with Gasteiger partial charge in [0.1, 0.15) is 18.1 Å². The number of piperazine rings is 1. The zero-order valence-electron chi connectivity index (χ0n) is 27.8. The lowest BCUT2D eigenvalue weighted by atomic mass is 10.0. The molecule has 1 heterocycles. The molecule has 46 heavy (non-hydrogen) atoms. The lowest BCUT2D eigenvalue weighted by Gasteiger charge is -2.32. The monoisotopic (exact) mass is 672 g/mol. The first-order chi connectivity index (χ1) is 21.2. The Labute approximate surface area is 287 Å². The minimum atomic E-state index is -0.127. The van der Waals surface area contributed by atoms with Crippen LogP contribution in [0.15, 0.2) is 72.8 Å². The van der Waals surface area contributed by atoms with E-state index in [2.05, 4.69) is 35.9 Å². The minimum Gasteiger partial charge on any atom is -0.491 e. The van der Waals surface area contributed by atoms with Crippen LogP contribution >= 0.6 is 24.8 Å². The Morgan fingerprint density at radius 3 is 2.17 bits per heavy atom. The van der Waals surface area contributed by atoms with Crippen LogP contribution in [0.5, 0.6) is 11.5 Å². The quantitative estimate of drug-likeness (QED) is 0.197. The maximum Gasteiger partial charge on any atom is 0.258 e. The van der Waals surface area contributed by atoms with Crippen LogP contribution in [0, 0.1) is 5.92 Å². The van der Waals surface area contributed by atoms with Gasteiger partial charge in [0.2, 0.25) is 5.91 Å². The van der Waals surface area contributed by atoms with E-state index in [0.29, 0.717) is 35.9 Å². The van der Waals surface area contributed by atoms with Gasteiger partial charge in [0.25, 0.3) is 5.91 Å². The fourth-order valence-electron chi connectivity index (χ4n) is 5.32. The third kappa shape index (κ3) is 11.5. The average Bonchev–Trinajstić information content (AvgIpc) is 3.03. The number of ether oxygens (including phenoxy) is 2. The van der Waals surface area contributed by atoms with Crippen molar-refractivity contribution in [2.75, 3.05) is 65.9 Å². The van der Waals surface area contributed by atoms with Crippen molar-refractivity contribution in [1.29, 1.82) is 0 Å². The second-order valence-corrected chi connectivity index (χ2v) is 12.1. The molecule has 0 radical (unpaired) electrons. The topological polar surface area (TPSA) is 65.6 Å². The lowest BCUT2D eigenvalue weighted by Crippen LogP contribution is -2.47. The maximum absolute atomic E-state index is 13.7. The van der Waals surface area contributed by atoms with Crippen molar-refractivity contribution < 1.29 is 19.1 Å². The standard InChI is InChI=1S/C36H48N4O4.2ClH/c1-28(14-19-35(41)40-23-21-38(4)22-24-40)20-25-43-34-13-9-8-12-33(34)39(5)36(42)32-11-7-6-10-30(32)27-44-31-17-15-29(16-18-31)26-37(2)3;;/h6-13,15-18,28H,14,19-27H2,1-5H3;2*1H. The van der Waals surface area contributed by atoms with Crippen LogP contribution in [-0.2, 0) is 17.9 Å². The fourth-order valence-corrected chi connectivity index (χ4v) is 5.32. The van der Waals surface area contributed by atoms with E-state index in [4.69, 9.17) is 9.47 Å². The van der Waals surface area contributed by atoms with Crippen molar-refractivity contribution in [2.24, 2.45) is 5.92 Å². The summed E-state index contributed by atoms with van der Waals surface area (Å²) >= 11 is 0. The molecule has 0 aromatic heterocycles. The van der Waals surface area contributed by atoms with Crippen LogP contribution in [-0.4, -0.2) is 87.5 Å². The maximum atomic E-state index is 13.7. The summed E-state index contributed by atoms with van der Waals surface area (Å²) in [5, 5.41) is 0. The highest BCUT2D eigenvalue weighted by atomic mass is 35.5. The Morgan fingerprint density at radius 2 is 1.48 bits per heavy atom. The van der Waals surface area contributed by atoms with Crippen molar-refractivity contribution in [1.82, 2.24) is 14.7 Å². The normalized spacial score (nSPS) is 13.7. The van der Waals surface area contributed by atoms with E-state index < -0.39 is 0 Å². The molecule has 1 saturated heterocycles. The number of anilines is 1. The third-order valence-electron chi connectivity index (χ3n) is 8.17. The van der Waals surface area contributed by atoms with Gasteiger partial charge in [0.05, 0.1) is 12.3 Å². The molecule has 0 N–H and O–H groups in total. The molecule has 4 rings (SSSR count). The van der Waals surface area contributed by atoms with Crippen LogP contribution in [0.25, 0.3) is 0 Å². The molecule has 0 spiro atoms. The Bertz CT molecular complexity index is 1360. The summed E-state index contributed by atoms with van der Waals surface area (Å²) in [4.78, 5) is 34.4. The zero-order valence-corrected chi connectivity index (χ0v) is 29.4. The predicted octanol–water partition coefficient (Wildman–Crippen LogP) is 6.41. The Morgan fingerprint density at radius 1 is 0.826 bits per heavy atom. The van der Waals surface area contributed by atoms with Gasteiger partial charge in [0.15, 0.2) is 0 Å². The number of hydrogen-bond acceptors (Lipinski definition) is 6. The molecule has 10 heteroatoms. The van der Waals surface area contributed by atoms with Gasteiger partial charge >= 0.3 is 0 Å². The second-order valence-electron chi connectivity index (χ2n) is 12.1. The number of likely N-dealkylation sites (N-methyl/N-ethyl adjacent to an activating group) is 1. The number of benzene rings is 3. The highest BCUT2D eigenvalue weighted by Crippen LogP contribution is 2.29. The number of halogens is 2. The number of nitrogens with zero attached hydrogens (tertiary/aromatic N) is 4. The number of amides is 2. The predicted molar refractivity (Wildman–Crippen MR) is 191 cm³/mol. The molecule has 0 bridgehead atoms. The molecule has 0 saturated carbocycles. The minimum absolute atomic E-state index is 0. The first-order valence-corrected chi connectivity index (χ1v) is 15.6. The smallest absolute Gasteiger partial charge is 0.258 e. The largest absolute Gasteiger partial charge is 0.491 e. The van der Waals surface area contributed by atoms with Crippen molar-refractivity contribution in [3.8, 4) is 11.5 Å². The Kier molecular flexibility index (Phi) is 16.4. The van der Waals surface area contributed by atoms with Crippen LogP contribution < -0.4 is 14.4 Å². The van der Waals surface area contributed by atoms with E-state index in [1.165, 1.54) is 5.56 Å². The molecule has 3 aromatic carbocycles. The summed E-state index contributed by atoms with van der Waals surface area (Å²) in [6, 6.07) is 23.3. The zero-order chi connectivity index (χ0) is 31.5. The molecule has 8 nitrogen and oxygen atoms in total. The van der Waals surface area contributed by atoms with Gasteiger partial charge in [-0.3, -0.25) is 9.59 Å². The lowest BCUT2D eigenvalue weighted by molar-refractivity contribution is -0.133. The highest BCUT2D eigenvalue weighted by Gasteiger charge is 2.21. The van der Waals surface area contributed by atoms with Gasteiger partial charge < -0.3 is 29.1 Å². The van der Waals surface area contributed by atoms with Gasteiger partial charge in [-0.2, -0.15) is 0 Å². The van der Waals surface area contributed by atoms with Gasteiger partial charge in [-0.05, 0) is 75.8 Å². The van der Waals surface area contributed by atoms with Crippen LogP contribution in [0.2, 0.25) is 0 Å². The van der Waals surface area contributed by atoms with Gasteiger partial charge in [-0.25, -0.2) is 0 Å². The molecule has 3 aromatic rings. The summed E-state index contributed by atoms with van der Waals surface area (Å²) in [5.41, 5.74) is 3.33. The number of hydrogen-bond donors (Lipinski definition) is 0. The summed E-state index contributed by atoms with van der Waals surface area (Å²) in [6.45, 7) is 7.35. The SMILES string of the molecule is CC(CCOc1ccccc1N(C)C(=O)c1ccccc1COc1ccc(CN(C)C)cc1)CCC(=O)N1CCN(C)CC1.Cl.Cl. The molecule has 1 unspecified atom stereocenters. The number of para-hydroxylation sites is 2. The Hall–Kier alpha value is -3.30. The number of carbonyl (C=O) groups excluding carboxylic acids is 2. The summed E-state index contributed by atoms with van der Waals surface area (Å²) in [5.74, 6) is 1.90. The second kappa shape index (κ2) is 19.4.